The minimum Gasteiger partial charge on any atom is -0.507 e. The molecule has 0 radical (unpaired) electrons. The molecule has 0 heterocycles. The summed E-state index contributed by atoms with van der Waals surface area (Å²) in [7, 11) is 1.62. The Balaban J connectivity index is 1.51. The molecule has 0 bridgehead atoms. The summed E-state index contributed by atoms with van der Waals surface area (Å²) in [5.41, 5.74) is 0.694. The SMILES string of the molecule is COc1ccc(OCCCC(=O)Nc2cccc3c(O)cccc23)cc1. The fraction of sp³-hybridized carbons (Fsp3) is 0.190. The molecule has 0 saturated heterocycles. The molecule has 0 atom stereocenters. The van der Waals surface area contributed by atoms with Gasteiger partial charge in [0.2, 0.25) is 5.91 Å². The number of benzene rings is 3. The van der Waals surface area contributed by atoms with Crippen molar-refractivity contribution in [3.63, 3.8) is 0 Å². The summed E-state index contributed by atoms with van der Waals surface area (Å²) in [4.78, 5) is 12.2. The molecule has 3 aromatic rings. The van der Waals surface area contributed by atoms with Crippen molar-refractivity contribution in [1.29, 1.82) is 0 Å². The minimum absolute atomic E-state index is 0.0841. The molecular formula is C21H21NO4. The number of hydrogen-bond donors (Lipinski definition) is 2. The van der Waals surface area contributed by atoms with E-state index in [0.717, 1.165) is 16.9 Å². The molecule has 0 aliphatic heterocycles. The number of phenols is 1. The number of nitrogens with one attached hydrogen (secondary N) is 1. The fourth-order valence-corrected chi connectivity index (χ4v) is 2.71. The van der Waals surface area contributed by atoms with Gasteiger partial charge >= 0.3 is 0 Å². The van der Waals surface area contributed by atoms with Crippen LogP contribution in [0.1, 0.15) is 12.8 Å². The highest BCUT2D eigenvalue weighted by Crippen LogP contribution is 2.29. The molecule has 5 heteroatoms. The number of hydrogen-bond acceptors (Lipinski definition) is 4. The van der Waals surface area contributed by atoms with E-state index in [9.17, 15) is 9.90 Å². The zero-order valence-electron chi connectivity index (χ0n) is 14.6. The van der Waals surface area contributed by atoms with E-state index in [-0.39, 0.29) is 11.7 Å². The molecule has 0 fully saturated rings. The van der Waals surface area contributed by atoms with Crippen LogP contribution in [0.15, 0.2) is 60.7 Å². The Morgan fingerprint density at radius 2 is 1.65 bits per heavy atom. The van der Waals surface area contributed by atoms with Crippen LogP contribution in [0, 0.1) is 0 Å². The standard InChI is InChI=1S/C21H21NO4/c1-25-15-10-12-16(13-11-15)26-14-4-9-21(24)22-19-7-2-6-18-17(19)5-3-8-20(18)23/h2-3,5-8,10-13,23H,4,9,14H2,1H3,(H,22,24). The Bertz CT molecular complexity index is 890. The summed E-state index contributed by atoms with van der Waals surface area (Å²) in [6, 6.07) is 18.1. The highest BCUT2D eigenvalue weighted by molar-refractivity contribution is 6.03. The minimum atomic E-state index is -0.0841. The van der Waals surface area contributed by atoms with Gasteiger partial charge in [-0.25, -0.2) is 0 Å². The monoisotopic (exact) mass is 351 g/mol. The highest BCUT2D eigenvalue weighted by atomic mass is 16.5. The maximum atomic E-state index is 12.2. The molecule has 1 amide bonds. The Hall–Kier alpha value is -3.21. The quantitative estimate of drug-likeness (QED) is 0.621. The predicted octanol–water partition coefficient (Wildman–Crippen LogP) is 4.35. The third-order valence-electron chi connectivity index (χ3n) is 4.05. The van der Waals surface area contributed by atoms with Crippen LogP contribution in [0.3, 0.4) is 0 Å². The molecular weight excluding hydrogens is 330 g/mol. The summed E-state index contributed by atoms with van der Waals surface area (Å²) < 4.78 is 10.7. The third-order valence-corrected chi connectivity index (χ3v) is 4.05. The molecule has 3 rings (SSSR count). The highest BCUT2D eigenvalue weighted by Gasteiger charge is 2.07. The lowest BCUT2D eigenvalue weighted by molar-refractivity contribution is -0.116. The zero-order chi connectivity index (χ0) is 18.4. The summed E-state index contributed by atoms with van der Waals surface area (Å²) in [6.07, 6.45) is 0.958. The van der Waals surface area contributed by atoms with Crippen molar-refractivity contribution in [3.8, 4) is 17.2 Å². The first-order valence-corrected chi connectivity index (χ1v) is 8.45. The van der Waals surface area contributed by atoms with Crippen LogP contribution in [-0.2, 0) is 4.79 Å². The van der Waals surface area contributed by atoms with Gasteiger partial charge in [0, 0.05) is 22.9 Å². The van der Waals surface area contributed by atoms with E-state index in [4.69, 9.17) is 9.47 Å². The average Bonchev–Trinajstić information content (AvgIpc) is 2.66. The second-order valence-corrected chi connectivity index (χ2v) is 5.85. The molecule has 134 valence electrons. The molecule has 0 saturated carbocycles. The van der Waals surface area contributed by atoms with Gasteiger partial charge in [0.25, 0.3) is 0 Å². The maximum Gasteiger partial charge on any atom is 0.224 e. The van der Waals surface area contributed by atoms with Gasteiger partial charge in [0.1, 0.15) is 17.2 Å². The fourth-order valence-electron chi connectivity index (χ4n) is 2.71. The van der Waals surface area contributed by atoms with Crippen molar-refractivity contribution >= 4 is 22.4 Å². The van der Waals surface area contributed by atoms with Crippen molar-refractivity contribution in [2.45, 2.75) is 12.8 Å². The topological polar surface area (TPSA) is 67.8 Å². The zero-order valence-corrected chi connectivity index (χ0v) is 14.6. The smallest absolute Gasteiger partial charge is 0.224 e. The van der Waals surface area contributed by atoms with Crippen LogP contribution >= 0.6 is 0 Å². The Kier molecular flexibility index (Phi) is 5.59. The summed E-state index contributed by atoms with van der Waals surface area (Å²) in [6.45, 7) is 0.454. The Labute approximate surface area is 152 Å². The van der Waals surface area contributed by atoms with E-state index in [2.05, 4.69) is 5.32 Å². The van der Waals surface area contributed by atoms with Crippen LogP contribution in [0.4, 0.5) is 5.69 Å². The first kappa shape index (κ1) is 17.6. The molecule has 3 aromatic carbocycles. The van der Waals surface area contributed by atoms with Gasteiger partial charge in [-0.1, -0.05) is 24.3 Å². The molecule has 0 aromatic heterocycles. The summed E-state index contributed by atoms with van der Waals surface area (Å²) in [5, 5.41) is 14.3. The van der Waals surface area contributed by atoms with E-state index in [0.29, 0.717) is 30.5 Å². The normalized spacial score (nSPS) is 10.5. The van der Waals surface area contributed by atoms with Crippen LogP contribution in [-0.4, -0.2) is 24.7 Å². The van der Waals surface area contributed by atoms with E-state index >= 15 is 0 Å². The number of aromatic hydroxyl groups is 1. The van der Waals surface area contributed by atoms with Gasteiger partial charge in [-0.3, -0.25) is 4.79 Å². The van der Waals surface area contributed by atoms with Gasteiger partial charge in [0.15, 0.2) is 0 Å². The lowest BCUT2D eigenvalue weighted by Gasteiger charge is -2.10. The number of amides is 1. The lowest BCUT2D eigenvalue weighted by atomic mass is 10.1. The van der Waals surface area contributed by atoms with Crippen molar-refractivity contribution in [2.75, 3.05) is 19.0 Å². The van der Waals surface area contributed by atoms with Gasteiger partial charge in [-0.05, 0) is 42.8 Å². The van der Waals surface area contributed by atoms with Crippen LogP contribution in [0.25, 0.3) is 10.8 Å². The average molecular weight is 351 g/mol. The number of methoxy groups -OCH3 is 1. The maximum absolute atomic E-state index is 12.2. The number of ether oxygens (including phenoxy) is 2. The number of anilines is 1. The molecule has 26 heavy (non-hydrogen) atoms. The molecule has 0 aliphatic carbocycles. The first-order chi connectivity index (χ1) is 12.7. The van der Waals surface area contributed by atoms with Crippen molar-refractivity contribution in [3.05, 3.63) is 60.7 Å². The van der Waals surface area contributed by atoms with E-state index in [1.807, 2.05) is 48.5 Å². The number of fused-ring (bicyclic) bond motifs is 1. The Morgan fingerprint density at radius 1 is 0.962 bits per heavy atom. The lowest BCUT2D eigenvalue weighted by Crippen LogP contribution is -2.13. The van der Waals surface area contributed by atoms with Crippen molar-refractivity contribution < 1.29 is 19.4 Å². The van der Waals surface area contributed by atoms with Gasteiger partial charge in [0.05, 0.1) is 13.7 Å². The summed E-state index contributed by atoms with van der Waals surface area (Å²) in [5.74, 6) is 1.64. The van der Waals surface area contributed by atoms with Crippen LogP contribution in [0.5, 0.6) is 17.2 Å². The first-order valence-electron chi connectivity index (χ1n) is 8.45. The van der Waals surface area contributed by atoms with Crippen LogP contribution in [0.2, 0.25) is 0 Å². The Morgan fingerprint density at radius 3 is 2.42 bits per heavy atom. The largest absolute Gasteiger partial charge is 0.507 e. The van der Waals surface area contributed by atoms with E-state index in [1.165, 1.54) is 0 Å². The molecule has 0 unspecified atom stereocenters. The van der Waals surface area contributed by atoms with Crippen molar-refractivity contribution in [2.24, 2.45) is 0 Å². The number of rotatable bonds is 7. The van der Waals surface area contributed by atoms with Crippen molar-refractivity contribution in [1.82, 2.24) is 0 Å². The van der Waals surface area contributed by atoms with E-state index < -0.39 is 0 Å². The third kappa shape index (κ3) is 4.25. The molecule has 5 nitrogen and oxygen atoms in total. The number of carbonyl (C=O) groups is 1. The van der Waals surface area contributed by atoms with E-state index in [1.54, 1.807) is 19.2 Å². The summed E-state index contributed by atoms with van der Waals surface area (Å²) >= 11 is 0. The second-order valence-electron chi connectivity index (χ2n) is 5.85. The predicted molar refractivity (Wildman–Crippen MR) is 102 cm³/mol. The molecule has 0 aliphatic rings. The molecule has 0 spiro atoms. The number of carbonyl (C=O) groups excluding carboxylic acids is 1. The van der Waals surface area contributed by atoms with Gasteiger partial charge in [-0.2, -0.15) is 0 Å². The van der Waals surface area contributed by atoms with Gasteiger partial charge < -0.3 is 19.9 Å². The number of phenolic OH excluding ortho intramolecular Hbond substituents is 1. The van der Waals surface area contributed by atoms with Crippen LogP contribution < -0.4 is 14.8 Å². The van der Waals surface area contributed by atoms with Gasteiger partial charge in [-0.15, -0.1) is 0 Å². The molecule has 2 N–H and O–H groups in total. The second kappa shape index (κ2) is 8.25.